The highest BCUT2D eigenvalue weighted by molar-refractivity contribution is 9.10. The maximum Gasteiger partial charge on any atom is 0.262 e. The van der Waals surface area contributed by atoms with Gasteiger partial charge in [-0.05, 0) is 51.4 Å². The lowest BCUT2D eigenvalue weighted by Gasteiger charge is -2.14. The molecule has 2 aromatic carbocycles. The zero-order valence-electron chi connectivity index (χ0n) is 15.9. The molecule has 0 heterocycles. The molecule has 2 N–H and O–H groups in total. The van der Waals surface area contributed by atoms with Crippen LogP contribution in [0.5, 0.6) is 5.75 Å². The normalized spacial score (nSPS) is 10.4. The number of aryl methyl sites for hydroxylation is 1. The van der Waals surface area contributed by atoms with Gasteiger partial charge in [-0.1, -0.05) is 33.6 Å². The van der Waals surface area contributed by atoms with Crippen molar-refractivity contribution in [2.24, 2.45) is 0 Å². The summed E-state index contributed by atoms with van der Waals surface area (Å²) in [6.45, 7) is 4.51. The molecule has 148 valence electrons. The molecule has 7 heteroatoms. The molecule has 0 saturated heterocycles. The molecule has 0 bridgehead atoms. The Kier molecular flexibility index (Phi) is 10.4. The Hall–Kier alpha value is -1.60. The molecule has 0 atom stereocenters. The van der Waals surface area contributed by atoms with Crippen LogP contribution in [0.2, 0.25) is 0 Å². The number of rotatable bonds is 9. The third-order valence-electron chi connectivity index (χ3n) is 3.77. The van der Waals surface area contributed by atoms with E-state index in [2.05, 4.69) is 31.5 Å². The molecule has 2 aromatic rings. The number of hydrogen-bond acceptors (Lipinski definition) is 4. The largest absolute Gasteiger partial charge is 0.483 e. The van der Waals surface area contributed by atoms with Gasteiger partial charge in [-0.2, -0.15) is 0 Å². The highest BCUT2D eigenvalue weighted by atomic mass is 79.9. The average Bonchev–Trinajstić information content (AvgIpc) is 2.60. The van der Waals surface area contributed by atoms with Gasteiger partial charge in [-0.3, -0.25) is 4.79 Å². The predicted molar refractivity (Wildman–Crippen MR) is 117 cm³/mol. The second-order valence-corrected chi connectivity index (χ2v) is 7.35. The van der Waals surface area contributed by atoms with Crippen LogP contribution in [0.15, 0.2) is 46.9 Å². The van der Waals surface area contributed by atoms with Crippen molar-refractivity contribution in [2.75, 3.05) is 39.1 Å². The Labute approximate surface area is 176 Å². The summed E-state index contributed by atoms with van der Waals surface area (Å²) < 4.78 is 6.73. The fourth-order valence-corrected chi connectivity index (χ4v) is 2.74. The highest BCUT2D eigenvalue weighted by Crippen LogP contribution is 2.23. The van der Waals surface area contributed by atoms with Crippen LogP contribution in [-0.2, 0) is 11.3 Å². The van der Waals surface area contributed by atoms with Crippen LogP contribution in [-0.4, -0.2) is 44.6 Å². The van der Waals surface area contributed by atoms with Crippen LogP contribution in [0.25, 0.3) is 0 Å². The molecule has 0 fully saturated rings. The van der Waals surface area contributed by atoms with Crippen molar-refractivity contribution < 1.29 is 9.53 Å². The molecule has 1 amide bonds. The number of nitrogens with one attached hydrogen (secondary N) is 2. The molecule has 5 nitrogen and oxygen atoms in total. The zero-order chi connectivity index (χ0) is 18.9. The van der Waals surface area contributed by atoms with Crippen LogP contribution in [0.1, 0.15) is 11.1 Å². The van der Waals surface area contributed by atoms with Gasteiger partial charge in [0.1, 0.15) is 5.75 Å². The van der Waals surface area contributed by atoms with Crippen molar-refractivity contribution >= 4 is 39.9 Å². The Bertz CT molecular complexity index is 724. The average molecular weight is 457 g/mol. The summed E-state index contributed by atoms with van der Waals surface area (Å²) in [5, 5.41) is 6.23. The first-order valence-corrected chi connectivity index (χ1v) is 9.36. The van der Waals surface area contributed by atoms with E-state index >= 15 is 0 Å². The number of nitrogens with zero attached hydrogens (tertiary/aromatic N) is 1. The number of likely N-dealkylation sites (N-methyl/N-ethyl adjacent to an activating group) is 1. The van der Waals surface area contributed by atoms with E-state index in [-0.39, 0.29) is 24.9 Å². The minimum Gasteiger partial charge on any atom is -0.483 e. The number of carbonyl (C=O) groups is 1. The predicted octanol–water partition coefficient (Wildman–Crippen LogP) is 3.85. The second-order valence-electron chi connectivity index (χ2n) is 6.43. The molecule has 0 saturated carbocycles. The van der Waals surface area contributed by atoms with Gasteiger partial charge in [0, 0.05) is 35.4 Å². The Balaban J connectivity index is 0.00000364. The first-order valence-electron chi connectivity index (χ1n) is 8.57. The lowest BCUT2D eigenvalue weighted by Crippen LogP contribution is -2.26. The van der Waals surface area contributed by atoms with Crippen LogP contribution in [0.3, 0.4) is 0 Å². The Morgan fingerprint density at radius 3 is 2.52 bits per heavy atom. The van der Waals surface area contributed by atoms with Gasteiger partial charge in [-0.15, -0.1) is 12.4 Å². The number of anilines is 1. The Morgan fingerprint density at radius 1 is 1.15 bits per heavy atom. The van der Waals surface area contributed by atoms with E-state index in [0.29, 0.717) is 12.3 Å². The lowest BCUT2D eigenvalue weighted by atomic mass is 10.2. The van der Waals surface area contributed by atoms with Crippen molar-refractivity contribution in [3.8, 4) is 5.75 Å². The van der Waals surface area contributed by atoms with Gasteiger partial charge >= 0.3 is 0 Å². The number of benzene rings is 2. The first kappa shape index (κ1) is 23.4. The van der Waals surface area contributed by atoms with E-state index in [1.165, 1.54) is 0 Å². The van der Waals surface area contributed by atoms with E-state index in [0.717, 1.165) is 34.4 Å². The number of hydrogen-bond donors (Lipinski definition) is 2. The van der Waals surface area contributed by atoms with Crippen LogP contribution >= 0.6 is 28.3 Å². The Morgan fingerprint density at radius 2 is 1.85 bits per heavy atom. The maximum absolute atomic E-state index is 12.1. The third-order valence-corrected chi connectivity index (χ3v) is 4.26. The molecule has 0 aliphatic carbocycles. The number of halogens is 2. The molecular formula is C20H27BrClN3O2. The number of carbonyl (C=O) groups excluding carboxylic acids is 1. The van der Waals surface area contributed by atoms with Crippen LogP contribution < -0.4 is 15.4 Å². The summed E-state index contributed by atoms with van der Waals surface area (Å²) in [6, 6.07) is 13.5. The maximum atomic E-state index is 12.1. The minimum atomic E-state index is -0.178. The van der Waals surface area contributed by atoms with E-state index in [1.54, 1.807) is 0 Å². The van der Waals surface area contributed by atoms with Crippen molar-refractivity contribution in [3.05, 3.63) is 58.1 Å². The fraction of sp³-hybridized carbons (Fsp3) is 0.350. The smallest absolute Gasteiger partial charge is 0.262 e. The van der Waals surface area contributed by atoms with Crippen molar-refractivity contribution in [1.29, 1.82) is 0 Å². The van der Waals surface area contributed by atoms with E-state index < -0.39 is 0 Å². The SMILES string of the molecule is Cc1ccc(NC(=O)COc2ccc(Br)cc2CNCCN(C)C)cc1.Cl. The molecule has 0 spiro atoms. The number of amides is 1. The molecule has 0 aliphatic heterocycles. The summed E-state index contributed by atoms with van der Waals surface area (Å²) in [4.78, 5) is 14.2. The van der Waals surface area contributed by atoms with Gasteiger partial charge in [0.2, 0.25) is 0 Å². The van der Waals surface area contributed by atoms with Gasteiger partial charge in [0.25, 0.3) is 5.91 Å². The molecule has 2 rings (SSSR count). The molecule has 0 radical (unpaired) electrons. The summed E-state index contributed by atoms with van der Waals surface area (Å²) >= 11 is 3.49. The van der Waals surface area contributed by atoms with Gasteiger partial charge in [-0.25, -0.2) is 0 Å². The molecule has 27 heavy (non-hydrogen) atoms. The van der Waals surface area contributed by atoms with Crippen molar-refractivity contribution in [3.63, 3.8) is 0 Å². The molecule has 0 unspecified atom stereocenters. The van der Waals surface area contributed by atoms with Gasteiger partial charge in [0.05, 0.1) is 0 Å². The topological polar surface area (TPSA) is 53.6 Å². The van der Waals surface area contributed by atoms with E-state index in [4.69, 9.17) is 4.74 Å². The standard InChI is InChI=1S/C20H26BrN3O2.ClH/c1-15-4-7-18(8-5-15)23-20(25)14-26-19-9-6-17(21)12-16(19)13-22-10-11-24(2)3;/h4-9,12,22H,10-11,13-14H2,1-3H3,(H,23,25);1H. The summed E-state index contributed by atoms with van der Waals surface area (Å²) in [5.41, 5.74) is 2.94. The van der Waals surface area contributed by atoms with Gasteiger partial charge in [0.15, 0.2) is 6.61 Å². The van der Waals surface area contributed by atoms with Crippen LogP contribution in [0, 0.1) is 6.92 Å². The number of ether oxygens (including phenoxy) is 1. The van der Waals surface area contributed by atoms with Crippen molar-refractivity contribution in [2.45, 2.75) is 13.5 Å². The third kappa shape index (κ3) is 8.75. The fourth-order valence-electron chi connectivity index (χ4n) is 2.33. The van der Waals surface area contributed by atoms with E-state index in [9.17, 15) is 4.79 Å². The van der Waals surface area contributed by atoms with E-state index in [1.807, 2.05) is 63.5 Å². The van der Waals surface area contributed by atoms with Gasteiger partial charge < -0.3 is 20.3 Å². The second kappa shape index (κ2) is 12.0. The zero-order valence-corrected chi connectivity index (χ0v) is 18.3. The molecular weight excluding hydrogens is 430 g/mol. The summed E-state index contributed by atoms with van der Waals surface area (Å²) in [5.74, 6) is 0.535. The monoisotopic (exact) mass is 455 g/mol. The van der Waals surface area contributed by atoms with Crippen LogP contribution in [0.4, 0.5) is 5.69 Å². The highest BCUT2D eigenvalue weighted by Gasteiger charge is 2.08. The van der Waals surface area contributed by atoms with Crippen molar-refractivity contribution in [1.82, 2.24) is 10.2 Å². The summed E-state index contributed by atoms with van der Waals surface area (Å²) in [6.07, 6.45) is 0. The first-order chi connectivity index (χ1) is 12.4. The lowest BCUT2D eigenvalue weighted by molar-refractivity contribution is -0.118. The summed E-state index contributed by atoms with van der Waals surface area (Å²) in [7, 11) is 4.09. The molecule has 0 aliphatic rings. The quantitative estimate of drug-likeness (QED) is 0.563. The minimum absolute atomic E-state index is 0. The molecule has 0 aromatic heterocycles.